The van der Waals surface area contributed by atoms with Crippen molar-refractivity contribution in [2.24, 2.45) is 0 Å². The summed E-state index contributed by atoms with van der Waals surface area (Å²) in [4.78, 5) is 2.41. The lowest BCUT2D eigenvalue weighted by molar-refractivity contribution is 0.660. The van der Waals surface area contributed by atoms with Gasteiger partial charge in [0.15, 0.2) is 0 Å². The molecule has 0 unspecified atom stereocenters. The molecule has 1 nitrogen and oxygen atoms in total. The largest absolute Gasteiger partial charge is 0.311 e. The quantitative estimate of drug-likeness (QED) is 0.154. The molecule has 0 N–H and O–H groups in total. The lowest BCUT2D eigenvalue weighted by Crippen LogP contribution is -2.25. The molecule has 0 bridgehead atoms. The fraction of sp³-hybridized carbons (Fsp3) is 0.0541. The summed E-state index contributed by atoms with van der Waals surface area (Å²) in [5, 5.41) is 2.50. The SMILES string of the molecule is CC1(C)c2ccccc2-c2c(-c3ccc(N(c4ccc(-c5ccc6c(c5)C5(c7ccccc7-c7ccccc75)c5ccccc5-6)cc4)c4ccc(-c5ccc(-c6ccccc6)c6ccccc56)cc4)cc3)cccc21. The number of fused-ring (bicyclic) bond motifs is 14. The molecule has 0 saturated heterocycles. The average Bonchev–Trinajstić information content (AvgIpc) is 4.05. The zero-order chi connectivity index (χ0) is 49.8. The maximum absolute atomic E-state index is 2.48. The van der Waals surface area contributed by atoms with Crippen molar-refractivity contribution in [3.63, 3.8) is 0 Å². The van der Waals surface area contributed by atoms with Crippen molar-refractivity contribution >= 4 is 27.8 Å². The maximum Gasteiger partial charge on any atom is 0.0725 e. The number of nitrogens with zero attached hydrogens (tertiary/aromatic N) is 1. The summed E-state index contributed by atoms with van der Waals surface area (Å²) >= 11 is 0. The molecule has 3 aliphatic rings. The Bertz CT molecular complexity index is 4170. The van der Waals surface area contributed by atoms with Gasteiger partial charge in [-0.25, -0.2) is 0 Å². The molecule has 0 fully saturated rings. The van der Waals surface area contributed by atoms with Crippen LogP contribution in [0.3, 0.4) is 0 Å². The van der Waals surface area contributed by atoms with Gasteiger partial charge in [0.1, 0.15) is 0 Å². The standard InChI is InChI=1S/C74H51N/c1-73(2)66-26-12-11-24-65(66)72-58(25-16-30-70(72)73)51-35-42-55(43-36-51)75(54-40-33-50(34-41-54)57-46-45-56(49-17-4-3-5-18-49)59-19-6-7-20-60(57)59)53-38-31-48(32-39-53)52-37-44-64-63-23-10-15-29-69(63)74(71(64)47-52)67-27-13-8-21-61(67)62-22-9-14-28-68(62)74/h3-47H,1-2H3. The van der Waals surface area contributed by atoms with E-state index in [2.05, 4.69) is 292 Å². The van der Waals surface area contributed by atoms with E-state index in [4.69, 9.17) is 0 Å². The summed E-state index contributed by atoms with van der Waals surface area (Å²) in [6.45, 7) is 4.71. The Labute approximate surface area is 439 Å². The molecule has 0 atom stereocenters. The lowest BCUT2D eigenvalue weighted by Gasteiger charge is -2.30. The highest BCUT2D eigenvalue weighted by Gasteiger charge is 2.51. The van der Waals surface area contributed by atoms with Crippen LogP contribution < -0.4 is 4.90 Å². The fourth-order valence-corrected chi connectivity index (χ4v) is 13.5. The van der Waals surface area contributed by atoms with Gasteiger partial charge in [-0.3, -0.25) is 0 Å². The van der Waals surface area contributed by atoms with E-state index in [0.717, 1.165) is 17.1 Å². The van der Waals surface area contributed by atoms with E-state index in [0.29, 0.717) is 0 Å². The third kappa shape index (κ3) is 6.38. The lowest BCUT2D eigenvalue weighted by atomic mass is 9.70. The van der Waals surface area contributed by atoms with Crippen LogP contribution in [-0.2, 0) is 10.8 Å². The molecule has 1 spiro atoms. The van der Waals surface area contributed by atoms with Crippen LogP contribution in [0.5, 0.6) is 0 Å². The molecule has 0 amide bonds. The van der Waals surface area contributed by atoms with Gasteiger partial charge in [0.05, 0.1) is 5.41 Å². The zero-order valence-electron chi connectivity index (χ0n) is 41.9. The number of hydrogen-bond donors (Lipinski definition) is 0. The van der Waals surface area contributed by atoms with E-state index >= 15 is 0 Å². The van der Waals surface area contributed by atoms with Crippen LogP contribution in [0.15, 0.2) is 273 Å². The first-order chi connectivity index (χ1) is 37.0. The third-order valence-electron chi connectivity index (χ3n) is 16.9. The Morgan fingerprint density at radius 1 is 0.240 bits per heavy atom. The van der Waals surface area contributed by atoms with Gasteiger partial charge in [-0.05, 0) is 165 Å². The Kier molecular flexibility index (Phi) is 9.59. The van der Waals surface area contributed by atoms with Crippen LogP contribution in [0.25, 0.3) is 88.7 Å². The Hall–Kier alpha value is -9.30. The second-order valence-electron chi connectivity index (χ2n) is 21.1. The summed E-state index contributed by atoms with van der Waals surface area (Å²) in [6, 6.07) is 102. The predicted octanol–water partition coefficient (Wildman–Crippen LogP) is 19.6. The van der Waals surface area contributed by atoms with Gasteiger partial charge in [-0.1, -0.05) is 244 Å². The molecule has 0 aliphatic heterocycles. The van der Waals surface area contributed by atoms with Crippen LogP contribution in [0.2, 0.25) is 0 Å². The van der Waals surface area contributed by atoms with Crippen LogP contribution in [0, 0.1) is 0 Å². The highest BCUT2D eigenvalue weighted by Crippen LogP contribution is 2.63. The van der Waals surface area contributed by atoms with Gasteiger partial charge in [-0.2, -0.15) is 0 Å². The normalized spacial score (nSPS) is 13.7. The smallest absolute Gasteiger partial charge is 0.0725 e. The summed E-state index contributed by atoms with van der Waals surface area (Å²) in [5.74, 6) is 0. The fourth-order valence-electron chi connectivity index (χ4n) is 13.5. The minimum atomic E-state index is -0.389. The van der Waals surface area contributed by atoms with Gasteiger partial charge in [-0.15, -0.1) is 0 Å². The number of hydrogen-bond acceptors (Lipinski definition) is 1. The van der Waals surface area contributed by atoms with Crippen molar-refractivity contribution in [3.8, 4) is 77.9 Å². The van der Waals surface area contributed by atoms with E-state index in [1.54, 1.807) is 0 Å². The van der Waals surface area contributed by atoms with Gasteiger partial charge in [0.25, 0.3) is 0 Å². The monoisotopic (exact) mass is 953 g/mol. The molecule has 352 valence electrons. The highest BCUT2D eigenvalue weighted by atomic mass is 15.1. The highest BCUT2D eigenvalue weighted by molar-refractivity contribution is 6.05. The topological polar surface area (TPSA) is 3.24 Å². The van der Waals surface area contributed by atoms with Crippen molar-refractivity contribution in [3.05, 3.63) is 306 Å². The van der Waals surface area contributed by atoms with E-state index in [9.17, 15) is 0 Å². The maximum atomic E-state index is 2.48. The molecule has 0 aromatic heterocycles. The third-order valence-corrected chi connectivity index (χ3v) is 16.9. The van der Waals surface area contributed by atoms with Crippen molar-refractivity contribution in [2.75, 3.05) is 4.90 Å². The second-order valence-corrected chi connectivity index (χ2v) is 21.1. The summed E-state index contributed by atoms with van der Waals surface area (Å²) in [5.41, 5.74) is 28.8. The summed E-state index contributed by atoms with van der Waals surface area (Å²) in [6.07, 6.45) is 0. The predicted molar refractivity (Wildman–Crippen MR) is 314 cm³/mol. The summed E-state index contributed by atoms with van der Waals surface area (Å²) in [7, 11) is 0. The minimum Gasteiger partial charge on any atom is -0.311 e. The number of rotatable bonds is 7. The molecule has 12 aromatic carbocycles. The van der Waals surface area contributed by atoms with E-state index in [1.165, 1.54) is 122 Å². The van der Waals surface area contributed by atoms with Gasteiger partial charge in [0, 0.05) is 22.5 Å². The molecule has 1 heteroatoms. The number of benzene rings is 12. The zero-order valence-corrected chi connectivity index (χ0v) is 41.9. The van der Waals surface area contributed by atoms with Crippen molar-refractivity contribution in [1.29, 1.82) is 0 Å². The van der Waals surface area contributed by atoms with Gasteiger partial charge < -0.3 is 4.90 Å². The molecule has 0 radical (unpaired) electrons. The van der Waals surface area contributed by atoms with E-state index in [-0.39, 0.29) is 10.8 Å². The van der Waals surface area contributed by atoms with Crippen LogP contribution >= 0.6 is 0 Å². The van der Waals surface area contributed by atoms with Crippen molar-refractivity contribution in [2.45, 2.75) is 24.7 Å². The Balaban J connectivity index is 0.836. The van der Waals surface area contributed by atoms with Gasteiger partial charge >= 0.3 is 0 Å². The van der Waals surface area contributed by atoms with Crippen LogP contribution in [0.1, 0.15) is 47.2 Å². The second kappa shape index (κ2) is 16.6. The summed E-state index contributed by atoms with van der Waals surface area (Å²) < 4.78 is 0. The minimum absolute atomic E-state index is 0.0627. The van der Waals surface area contributed by atoms with Gasteiger partial charge in [0.2, 0.25) is 0 Å². The van der Waals surface area contributed by atoms with E-state index < -0.39 is 0 Å². The van der Waals surface area contributed by atoms with Crippen LogP contribution in [-0.4, -0.2) is 0 Å². The van der Waals surface area contributed by atoms with E-state index in [1.807, 2.05) is 0 Å². The molecular weight excluding hydrogens is 903 g/mol. The molecule has 0 saturated carbocycles. The first-order valence-electron chi connectivity index (χ1n) is 26.3. The first-order valence-corrected chi connectivity index (χ1v) is 26.3. The molecular formula is C74H51N. The van der Waals surface area contributed by atoms with Crippen molar-refractivity contribution < 1.29 is 0 Å². The molecule has 3 aliphatic carbocycles. The Morgan fingerprint density at radius 3 is 1.16 bits per heavy atom. The first kappa shape index (κ1) is 43.3. The Morgan fingerprint density at radius 2 is 0.613 bits per heavy atom. The molecule has 15 rings (SSSR count). The molecule has 12 aromatic rings. The van der Waals surface area contributed by atoms with Crippen molar-refractivity contribution in [1.82, 2.24) is 0 Å². The number of anilines is 3. The average molecular weight is 954 g/mol. The molecule has 0 heterocycles. The van der Waals surface area contributed by atoms with Crippen LogP contribution in [0.4, 0.5) is 17.1 Å². The molecule has 75 heavy (non-hydrogen) atoms.